The number of likely N-dealkylation sites (tertiary alicyclic amines) is 1. The lowest BCUT2D eigenvalue weighted by Gasteiger charge is -2.40. The second-order valence-electron chi connectivity index (χ2n) is 4.13. The van der Waals surface area contributed by atoms with E-state index in [1.807, 2.05) is 0 Å². The summed E-state index contributed by atoms with van der Waals surface area (Å²) in [7, 11) is 0. The molecule has 5 nitrogen and oxygen atoms in total. The van der Waals surface area contributed by atoms with Gasteiger partial charge in [0.2, 0.25) is 5.91 Å². The zero-order chi connectivity index (χ0) is 11.9. The monoisotopic (exact) mass is 223 g/mol. The first-order valence-electron chi connectivity index (χ1n) is 5.21. The summed E-state index contributed by atoms with van der Waals surface area (Å²) in [5.41, 5.74) is 0. The van der Waals surface area contributed by atoms with Crippen LogP contribution in [0.2, 0.25) is 0 Å². The van der Waals surface area contributed by atoms with Crippen molar-refractivity contribution in [3.8, 4) is 0 Å². The highest BCUT2D eigenvalue weighted by Gasteiger charge is 2.55. The molecule has 3 atom stereocenters. The lowest BCUT2D eigenvalue weighted by molar-refractivity contribution is -0.161. The Hall–Kier alpha value is -1.65. The van der Waals surface area contributed by atoms with Crippen LogP contribution in [0, 0.1) is 5.92 Å². The lowest BCUT2D eigenvalue weighted by Crippen LogP contribution is -2.60. The number of esters is 1. The highest BCUT2D eigenvalue weighted by molar-refractivity contribution is 6.06. The van der Waals surface area contributed by atoms with Crippen LogP contribution in [0.1, 0.15) is 19.8 Å². The maximum absolute atomic E-state index is 11.6. The Bertz CT molecular complexity index is 376. The van der Waals surface area contributed by atoms with Crippen LogP contribution in [-0.2, 0) is 19.1 Å². The van der Waals surface area contributed by atoms with E-state index in [2.05, 4.69) is 6.58 Å². The summed E-state index contributed by atoms with van der Waals surface area (Å²) < 4.78 is 5.05. The predicted octanol–water partition coefficient (Wildman–Crippen LogP) is 0.251. The third-order valence-corrected chi connectivity index (χ3v) is 3.12. The van der Waals surface area contributed by atoms with E-state index < -0.39 is 0 Å². The van der Waals surface area contributed by atoms with Crippen LogP contribution in [0.4, 0.5) is 0 Å². The minimum absolute atomic E-state index is 0.109. The zero-order valence-corrected chi connectivity index (χ0v) is 9.01. The van der Waals surface area contributed by atoms with Crippen molar-refractivity contribution < 1.29 is 19.1 Å². The number of carbonyl (C=O) groups is 3. The first kappa shape index (κ1) is 10.9. The van der Waals surface area contributed by atoms with E-state index in [4.69, 9.17) is 4.74 Å². The number of imide groups is 1. The Morgan fingerprint density at radius 1 is 1.50 bits per heavy atom. The van der Waals surface area contributed by atoms with Crippen molar-refractivity contribution >= 4 is 17.8 Å². The fourth-order valence-electron chi connectivity index (χ4n) is 2.48. The highest BCUT2D eigenvalue weighted by atomic mass is 16.5. The molecule has 2 aliphatic rings. The fraction of sp³-hybridized carbons (Fsp3) is 0.545. The van der Waals surface area contributed by atoms with Gasteiger partial charge in [0.1, 0.15) is 6.10 Å². The number of carbonyl (C=O) groups excluding carboxylic acids is 3. The van der Waals surface area contributed by atoms with Crippen LogP contribution < -0.4 is 0 Å². The molecule has 0 aromatic heterocycles. The van der Waals surface area contributed by atoms with Crippen molar-refractivity contribution in [3.05, 3.63) is 12.7 Å². The number of nitrogens with zero attached hydrogens (tertiary/aromatic N) is 1. The van der Waals surface area contributed by atoms with Gasteiger partial charge >= 0.3 is 5.97 Å². The largest absolute Gasteiger partial charge is 0.462 e. The van der Waals surface area contributed by atoms with E-state index in [-0.39, 0.29) is 35.8 Å². The van der Waals surface area contributed by atoms with Crippen molar-refractivity contribution in [3.63, 3.8) is 0 Å². The van der Waals surface area contributed by atoms with Gasteiger partial charge in [0.05, 0.1) is 12.0 Å². The van der Waals surface area contributed by atoms with Crippen molar-refractivity contribution in [2.24, 2.45) is 5.92 Å². The summed E-state index contributed by atoms with van der Waals surface area (Å²) in [6.45, 7) is 4.69. The average Bonchev–Trinajstić information content (AvgIpc) is 2.56. The fourth-order valence-corrected chi connectivity index (χ4v) is 2.48. The number of hydrogen-bond acceptors (Lipinski definition) is 4. The third kappa shape index (κ3) is 1.52. The van der Waals surface area contributed by atoms with E-state index in [9.17, 15) is 14.4 Å². The highest BCUT2D eigenvalue weighted by Crippen LogP contribution is 2.41. The minimum Gasteiger partial charge on any atom is -0.462 e. The molecule has 16 heavy (non-hydrogen) atoms. The summed E-state index contributed by atoms with van der Waals surface area (Å²) >= 11 is 0. The number of fused-ring (bicyclic) bond motifs is 1. The summed E-state index contributed by atoms with van der Waals surface area (Å²) in [5.74, 6) is -1.05. The van der Waals surface area contributed by atoms with Gasteiger partial charge in [0.15, 0.2) is 0 Å². The summed E-state index contributed by atoms with van der Waals surface area (Å²) in [4.78, 5) is 34.9. The van der Waals surface area contributed by atoms with Crippen LogP contribution in [0.25, 0.3) is 0 Å². The minimum atomic E-state index is -0.366. The molecule has 1 aliphatic carbocycles. The van der Waals surface area contributed by atoms with Crippen LogP contribution in [0.3, 0.4) is 0 Å². The van der Waals surface area contributed by atoms with Gasteiger partial charge in [0.25, 0.3) is 5.91 Å². The van der Waals surface area contributed by atoms with Gasteiger partial charge in [0, 0.05) is 13.3 Å². The molecule has 1 saturated heterocycles. The number of ether oxygens (including phenoxy) is 1. The van der Waals surface area contributed by atoms with Crippen LogP contribution in [-0.4, -0.2) is 34.8 Å². The maximum atomic E-state index is 11.6. The molecule has 1 heterocycles. The molecule has 2 rings (SSSR count). The Morgan fingerprint density at radius 3 is 2.75 bits per heavy atom. The molecule has 0 spiro atoms. The molecule has 5 heteroatoms. The van der Waals surface area contributed by atoms with E-state index in [0.29, 0.717) is 12.8 Å². The first-order chi connectivity index (χ1) is 7.54. The standard InChI is InChI=1S/C11H13NO4/c1-3-10(14)12-9-5-7(16-6(2)13)4-8(9)11(12)15/h3,7-9H,1,4-5H2,2H3. The van der Waals surface area contributed by atoms with Crippen molar-refractivity contribution in [1.82, 2.24) is 4.90 Å². The van der Waals surface area contributed by atoms with E-state index in [1.165, 1.54) is 11.8 Å². The molecular formula is C11H13NO4. The Kier molecular flexibility index (Phi) is 2.53. The molecular weight excluding hydrogens is 210 g/mol. The molecule has 2 fully saturated rings. The lowest BCUT2D eigenvalue weighted by atomic mass is 9.90. The second-order valence-corrected chi connectivity index (χ2v) is 4.13. The molecule has 0 aromatic carbocycles. The van der Waals surface area contributed by atoms with Gasteiger partial charge < -0.3 is 4.74 Å². The number of hydrogen-bond donors (Lipinski definition) is 0. The molecule has 0 radical (unpaired) electrons. The molecule has 0 aromatic rings. The third-order valence-electron chi connectivity index (χ3n) is 3.12. The smallest absolute Gasteiger partial charge is 0.302 e. The van der Waals surface area contributed by atoms with Gasteiger partial charge in [-0.2, -0.15) is 0 Å². The zero-order valence-electron chi connectivity index (χ0n) is 9.01. The van der Waals surface area contributed by atoms with Crippen molar-refractivity contribution in [1.29, 1.82) is 0 Å². The molecule has 2 amide bonds. The Morgan fingerprint density at radius 2 is 2.19 bits per heavy atom. The molecule has 1 saturated carbocycles. The van der Waals surface area contributed by atoms with Gasteiger partial charge in [-0.3, -0.25) is 19.3 Å². The normalized spacial score (nSPS) is 31.7. The van der Waals surface area contributed by atoms with Crippen molar-refractivity contribution in [2.45, 2.75) is 31.9 Å². The summed E-state index contributed by atoms with van der Waals surface area (Å²) in [5, 5.41) is 0. The van der Waals surface area contributed by atoms with Crippen LogP contribution in [0.5, 0.6) is 0 Å². The van der Waals surface area contributed by atoms with Gasteiger partial charge in [-0.1, -0.05) is 6.58 Å². The first-order valence-corrected chi connectivity index (χ1v) is 5.21. The summed E-state index contributed by atoms with van der Waals surface area (Å²) in [6.07, 6.45) is 1.98. The second kappa shape index (κ2) is 3.73. The van der Waals surface area contributed by atoms with Gasteiger partial charge in [-0.25, -0.2) is 0 Å². The number of rotatable bonds is 2. The van der Waals surface area contributed by atoms with Crippen molar-refractivity contribution in [2.75, 3.05) is 0 Å². The van der Waals surface area contributed by atoms with Crippen LogP contribution in [0.15, 0.2) is 12.7 Å². The SMILES string of the molecule is C=CC(=O)N1C(=O)C2CC(OC(C)=O)CC21. The molecule has 1 aliphatic heterocycles. The molecule has 0 N–H and O–H groups in total. The topological polar surface area (TPSA) is 63.7 Å². The van der Waals surface area contributed by atoms with Crippen LogP contribution >= 0.6 is 0 Å². The number of β-lactam (4-membered cyclic amide) rings is 1. The van der Waals surface area contributed by atoms with Gasteiger partial charge in [-0.15, -0.1) is 0 Å². The Labute approximate surface area is 93.0 Å². The average molecular weight is 223 g/mol. The number of amides is 2. The Balaban J connectivity index is 2.02. The van der Waals surface area contributed by atoms with E-state index in [0.717, 1.165) is 6.08 Å². The summed E-state index contributed by atoms with van der Waals surface area (Å²) in [6, 6.07) is -0.109. The molecule has 3 unspecified atom stereocenters. The molecule has 0 bridgehead atoms. The molecule has 86 valence electrons. The quantitative estimate of drug-likeness (QED) is 0.382. The maximum Gasteiger partial charge on any atom is 0.302 e. The van der Waals surface area contributed by atoms with E-state index in [1.54, 1.807) is 0 Å². The van der Waals surface area contributed by atoms with Gasteiger partial charge in [-0.05, 0) is 12.5 Å². The van der Waals surface area contributed by atoms with E-state index >= 15 is 0 Å². The predicted molar refractivity (Wildman–Crippen MR) is 54.1 cm³/mol.